The van der Waals surface area contributed by atoms with E-state index >= 15 is 0 Å². The monoisotopic (exact) mass is 364 g/mol. The Labute approximate surface area is 161 Å². The summed E-state index contributed by atoms with van der Waals surface area (Å²) < 4.78 is 0. The molecule has 0 aliphatic carbocycles. The minimum Gasteiger partial charge on any atom is -0.372 e. The molecule has 5 nitrogen and oxygen atoms in total. The summed E-state index contributed by atoms with van der Waals surface area (Å²) in [7, 11) is 0. The van der Waals surface area contributed by atoms with Crippen LogP contribution in [-0.2, 0) is 0 Å². The van der Waals surface area contributed by atoms with E-state index < -0.39 is 0 Å². The Morgan fingerprint density at radius 1 is 0.963 bits per heavy atom. The molecule has 2 aliphatic rings. The number of amides is 1. The lowest BCUT2D eigenvalue weighted by molar-refractivity contribution is 0.102. The predicted molar refractivity (Wildman–Crippen MR) is 111 cm³/mol. The van der Waals surface area contributed by atoms with Crippen LogP contribution >= 0.6 is 0 Å². The van der Waals surface area contributed by atoms with Gasteiger partial charge in [-0.2, -0.15) is 0 Å². The first kappa shape index (κ1) is 17.8. The average molecular weight is 364 g/mol. The van der Waals surface area contributed by atoms with Crippen LogP contribution in [0.2, 0.25) is 0 Å². The van der Waals surface area contributed by atoms with Gasteiger partial charge in [-0.1, -0.05) is 6.92 Å². The molecule has 0 saturated carbocycles. The molecule has 1 aromatic heterocycles. The Morgan fingerprint density at radius 3 is 2.33 bits per heavy atom. The minimum absolute atomic E-state index is 0.108. The smallest absolute Gasteiger partial charge is 0.257 e. The number of nitrogens with one attached hydrogen (secondary N) is 1. The van der Waals surface area contributed by atoms with Gasteiger partial charge in [-0.15, -0.1) is 0 Å². The highest BCUT2D eigenvalue weighted by Gasteiger charge is 2.18. The van der Waals surface area contributed by atoms with Crippen LogP contribution in [-0.4, -0.2) is 37.1 Å². The van der Waals surface area contributed by atoms with Crippen molar-refractivity contribution in [2.75, 3.05) is 41.3 Å². The zero-order valence-electron chi connectivity index (χ0n) is 16.0. The first-order chi connectivity index (χ1) is 13.2. The lowest BCUT2D eigenvalue weighted by atomic mass is 9.99. The fraction of sp³-hybridized carbons (Fsp3) is 0.455. The molecule has 27 heavy (non-hydrogen) atoms. The molecule has 1 aromatic carbocycles. The van der Waals surface area contributed by atoms with Crippen LogP contribution in [0.4, 0.5) is 17.1 Å². The third kappa shape index (κ3) is 4.24. The molecule has 0 bridgehead atoms. The largest absolute Gasteiger partial charge is 0.372 e. The molecule has 1 N–H and O–H groups in total. The highest BCUT2D eigenvalue weighted by Crippen LogP contribution is 2.24. The van der Waals surface area contributed by atoms with Crippen molar-refractivity contribution >= 4 is 23.0 Å². The predicted octanol–water partition coefficient (Wildman–Crippen LogP) is 4.17. The number of benzene rings is 1. The van der Waals surface area contributed by atoms with Crippen LogP contribution < -0.4 is 15.1 Å². The lowest BCUT2D eigenvalue weighted by Crippen LogP contribution is -2.33. The summed E-state index contributed by atoms with van der Waals surface area (Å²) in [6.07, 6.45) is 8.41. The Balaban J connectivity index is 1.41. The average Bonchev–Trinajstić information content (AvgIpc) is 3.24. The number of carbonyl (C=O) groups is 1. The van der Waals surface area contributed by atoms with Crippen molar-refractivity contribution < 1.29 is 4.79 Å². The van der Waals surface area contributed by atoms with Gasteiger partial charge in [0.05, 0.1) is 17.4 Å². The maximum absolute atomic E-state index is 12.7. The van der Waals surface area contributed by atoms with E-state index in [0.717, 1.165) is 43.5 Å². The summed E-state index contributed by atoms with van der Waals surface area (Å²) in [6, 6.07) is 10.1. The molecule has 3 heterocycles. The van der Waals surface area contributed by atoms with Crippen LogP contribution in [0, 0.1) is 5.92 Å². The summed E-state index contributed by atoms with van der Waals surface area (Å²) in [4.78, 5) is 21.7. The Bertz CT molecular complexity index is 775. The highest BCUT2D eigenvalue weighted by atomic mass is 16.1. The van der Waals surface area contributed by atoms with E-state index in [4.69, 9.17) is 0 Å². The second-order valence-corrected chi connectivity index (χ2v) is 7.80. The first-order valence-electron chi connectivity index (χ1n) is 10.1. The minimum atomic E-state index is -0.108. The van der Waals surface area contributed by atoms with Crippen molar-refractivity contribution in [3.63, 3.8) is 0 Å². The number of piperidine rings is 1. The van der Waals surface area contributed by atoms with Crippen molar-refractivity contribution in [1.82, 2.24) is 4.98 Å². The van der Waals surface area contributed by atoms with Gasteiger partial charge in [-0.3, -0.25) is 9.78 Å². The molecular formula is C22H28N4O. The summed E-state index contributed by atoms with van der Waals surface area (Å²) >= 11 is 0. The molecule has 0 unspecified atom stereocenters. The van der Waals surface area contributed by atoms with E-state index in [-0.39, 0.29) is 5.91 Å². The number of aromatic nitrogens is 1. The van der Waals surface area contributed by atoms with Gasteiger partial charge in [0, 0.05) is 43.8 Å². The fourth-order valence-electron chi connectivity index (χ4n) is 3.93. The summed E-state index contributed by atoms with van der Waals surface area (Å²) in [5, 5.41) is 3.00. The Hall–Kier alpha value is -2.56. The number of hydrogen-bond donors (Lipinski definition) is 1. The van der Waals surface area contributed by atoms with Crippen molar-refractivity contribution in [2.45, 2.75) is 32.6 Å². The van der Waals surface area contributed by atoms with E-state index in [1.807, 2.05) is 24.4 Å². The number of carbonyl (C=O) groups excluding carboxylic acids is 1. The van der Waals surface area contributed by atoms with E-state index in [9.17, 15) is 4.79 Å². The molecule has 1 amide bonds. The van der Waals surface area contributed by atoms with Gasteiger partial charge in [0.15, 0.2) is 0 Å². The van der Waals surface area contributed by atoms with Crippen molar-refractivity contribution in [2.24, 2.45) is 5.92 Å². The van der Waals surface area contributed by atoms with Gasteiger partial charge in [0.25, 0.3) is 5.91 Å². The van der Waals surface area contributed by atoms with E-state index in [1.54, 1.807) is 6.20 Å². The van der Waals surface area contributed by atoms with Gasteiger partial charge in [-0.25, -0.2) is 0 Å². The SMILES string of the molecule is CC1CCN(c2cncc(C(=O)Nc3ccc(N4CCCC4)cc3)c2)CC1. The molecule has 2 aromatic rings. The maximum Gasteiger partial charge on any atom is 0.257 e. The van der Waals surface area contributed by atoms with Crippen LogP contribution in [0.3, 0.4) is 0 Å². The molecular weight excluding hydrogens is 336 g/mol. The number of pyridine rings is 1. The molecule has 2 fully saturated rings. The molecule has 142 valence electrons. The maximum atomic E-state index is 12.7. The zero-order valence-corrected chi connectivity index (χ0v) is 16.0. The van der Waals surface area contributed by atoms with Gasteiger partial charge >= 0.3 is 0 Å². The number of anilines is 3. The van der Waals surface area contributed by atoms with Gasteiger partial charge in [0.2, 0.25) is 0 Å². The zero-order chi connectivity index (χ0) is 18.6. The molecule has 0 radical (unpaired) electrons. The standard InChI is InChI=1S/C22H28N4O/c1-17-8-12-26(13-9-17)21-14-18(15-23-16-21)22(27)24-19-4-6-20(7-5-19)25-10-2-3-11-25/h4-7,14-17H,2-3,8-13H2,1H3,(H,24,27). The number of rotatable bonds is 4. The quantitative estimate of drug-likeness (QED) is 0.884. The molecule has 0 atom stereocenters. The van der Waals surface area contributed by atoms with Crippen LogP contribution in [0.5, 0.6) is 0 Å². The highest BCUT2D eigenvalue weighted by molar-refractivity contribution is 6.04. The Morgan fingerprint density at radius 2 is 1.63 bits per heavy atom. The molecule has 2 saturated heterocycles. The summed E-state index contributed by atoms with van der Waals surface area (Å²) in [6.45, 7) is 6.62. The van der Waals surface area contributed by atoms with E-state index in [2.05, 4.69) is 39.2 Å². The van der Waals surface area contributed by atoms with Crippen LogP contribution in [0.15, 0.2) is 42.7 Å². The lowest BCUT2D eigenvalue weighted by Gasteiger charge is -2.32. The van der Waals surface area contributed by atoms with E-state index in [0.29, 0.717) is 5.56 Å². The van der Waals surface area contributed by atoms with Crippen molar-refractivity contribution in [3.05, 3.63) is 48.3 Å². The fourth-order valence-corrected chi connectivity index (χ4v) is 3.93. The van der Waals surface area contributed by atoms with Gasteiger partial charge < -0.3 is 15.1 Å². The second-order valence-electron chi connectivity index (χ2n) is 7.80. The third-order valence-electron chi connectivity index (χ3n) is 5.73. The topological polar surface area (TPSA) is 48.5 Å². The third-order valence-corrected chi connectivity index (χ3v) is 5.73. The molecule has 5 heteroatoms. The first-order valence-corrected chi connectivity index (χ1v) is 10.1. The number of hydrogen-bond acceptors (Lipinski definition) is 4. The second kappa shape index (κ2) is 7.99. The molecule has 0 spiro atoms. The van der Waals surface area contributed by atoms with Gasteiger partial charge in [0.1, 0.15) is 0 Å². The van der Waals surface area contributed by atoms with Crippen molar-refractivity contribution in [1.29, 1.82) is 0 Å². The molecule has 2 aliphatic heterocycles. The summed E-state index contributed by atoms with van der Waals surface area (Å²) in [5.74, 6) is 0.674. The normalized spacial score (nSPS) is 18.0. The van der Waals surface area contributed by atoms with Crippen LogP contribution in [0.1, 0.15) is 43.0 Å². The van der Waals surface area contributed by atoms with Crippen molar-refractivity contribution in [3.8, 4) is 0 Å². The molecule has 4 rings (SSSR count). The van der Waals surface area contributed by atoms with Crippen LogP contribution in [0.25, 0.3) is 0 Å². The number of nitrogens with zero attached hydrogens (tertiary/aromatic N) is 3. The van der Waals surface area contributed by atoms with Gasteiger partial charge in [-0.05, 0) is 61.9 Å². The van der Waals surface area contributed by atoms with E-state index in [1.165, 1.54) is 31.4 Å². The summed E-state index contributed by atoms with van der Waals surface area (Å²) in [5.41, 5.74) is 3.70. The Kier molecular flexibility index (Phi) is 5.28.